The zero-order chi connectivity index (χ0) is 25.9. The number of sulfone groups is 1. The number of amides is 3. The third-order valence-electron chi connectivity index (χ3n) is 5.83. The van der Waals surface area contributed by atoms with Crippen LogP contribution in [0.3, 0.4) is 0 Å². The molecule has 1 aliphatic heterocycles. The summed E-state index contributed by atoms with van der Waals surface area (Å²) >= 11 is 0. The Labute approximate surface area is 207 Å². The number of carbonyl (C=O) groups is 3. The Hall–Kier alpha value is -3.99. The Balaban J connectivity index is 1.53. The average Bonchev–Trinajstić information content (AvgIpc) is 3.42. The van der Waals surface area contributed by atoms with Crippen molar-refractivity contribution < 1.29 is 31.6 Å². The summed E-state index contributed by atoms with van der Waals surface area (Å²) in [4.78, 5) is 41.4. The minimum Gasteiger partial charge on any atom is -0.459 e. The molecule has 0 spiro atoms. The third-order valence-corrected chi connectivity index (χ3v) is 7.70. The van der Waals surface area contributed by atoms with Gasteiger partial charge in [-0.2, -0.15) is 0 Å². The van der Waals surface area contributed by atoms with Gasteiger partial charge in [0.2, 0.25) is 15.2 Å². The first-order valence-corrected chi connectivity index (χ1v) is 12.7. The van der Waals surface area contributed by atoms with Gasteiger partial charge < -0.3 is 19.5 Å². The molecular formula is C25H24FN3O6S. The monoisotopic (exact) mass is 513 g/mol. The number of rotatable bonds is 6. The lowest BCUT2D eigenvalue weighted by atomic mass is 10.1. The van der Waals surface area contributed by atoms with Crippen molar-refractivity contribution in [1.29, 1.82) is 0 Å². The van der Waals surface area contributed by atoms with Crippen molar-refractivity contribution in [2.45, 2.75) is 17.2 Å². The first-order valence-electron chi connectivity index (χ1n) is 11.2. The van der Waals surface area contributed by atoms with Crippen LogP contribution in [0.5, 0.6) is 0 Å². The fourth-order valence-corrected chi connectivity index (χ4v) is 5.35. The number of piperazine rings is 1. The van der Waals surface area contributed by atoms with Crippen molar-refractivity contribution in [3.05, 3.63) is 89.6 Å². The maximum Gasteiger partial charge on any atom is 0.288 e. The summed E-state index contributed by atoms with van der Waals surface area (Å²) in [7, 11) is -4.44. The first kappa shape index (κ1) is 25.1. The fourth-order valence-electron chi connectivity index (χ4n) is 3.89. The van der Waals surface area contributed by atoms with E-state index in [9.17, 15) is 27.2 Å². The molecule has 0 saturated carbocycles. The maximum atomic E-state index is 13.4. The second-order valence-electron chi connectivity index (χ2n) is 8.32. The van der Waals surface area contributed by atoms with E-state index in [0.717, 1.165) is 29.8 Å². The quantitative estimate of drug-likeness (QED) is 0.506. The van der Waals surface area contributed by atoms with E-state index in [2.05, 4.69) is 5.32 Å². The molecule has 2 aromatic carbocycles. The van der Waals surface area contributed by atoms with Gasteiger partial charge in [0, 0.05) is 31.7 Å². The Morgan fingerprint density at radius 3 is 2.22 bits per heavy atom. The van der Waals surface area contributed by atoms with E-state index in [4.69, 9.17) is 4.42 Å². The molecule has 1 fully saturated rings. The van der Waals surface area contributed by atoms with Crippen molar-refractivity contribution in [3.63, 3.8) is 0 Å². The molecular weight excluding hydrogens is 489 g/mol. The minimum atomic E-state index is -4.44. The third kappa shape index (κ3) is 5.30. The number of benzene rings is 2. The number of furan rings is 1. The summed E-state index contributed by atoms with van der Waals surface area (Å²) in [5.74, 6) is -2.76. The van der Waals surface area contributed by atoms with Crippen molar-refractivity contribution in [2.24, 2.45) is 0 Å². The Bertz CT molecular complexity index is 1370. The van der Waals surface area contributed by atoms with Gasteiger partial charge in [-0.25, -0.2) is 12.8 Å². The molecule has 36 heavy (non-hydrogen) atoms. The first-order chi connectivity index (χ1) is 17.2. The van der Waals surface area contributed by atoms with Gasteiger partial charge in [-0.15, -0.1) is 0 Å². The van der Waals surface area contributed by atoms with Crippen LogP contribution >= 0.6 is 0 Å². The molecule has 1 atom stereocenters. The number of aryl methyl sites for hydroxylation is 1. The van der Waals surface area contributed by atoms with Crippen molar-refractivity contribution in [2.75, 3.05) is 26.2 Å². The van der Waals surface area contributed by atoms with Gasteiger partial charge in [-0.1, -0.05) is 17.7 Å². The number of nitrogens with one attached hydrogen (secondary N) is 1. The smallest absolute Gasteiger partial charge is 0.288 e. The van der Waals surface area contributed by atoms with E-state index in [0.29, 0.717) is 5.56 Å². The molecule has 1 saturated heterocycles. The van der Waals surface area contributed by atoms with Crippen LogP contribution in [-0.2, 0) is 14.6 Å². The highest BCUT2D eigenvalue weighted by molar-refractivity contribution is 7.92. The number of hydrogen-bond acceptors (Lipinski definition) is 6. The molecule has 4 rings (SSSR count). The van der Waals surface area contributed by atoms with Gasteiger partial charge in [0.25, 0.3) is 17.7 Å². The Morgan fingerprint density at radius 2 is 1.61 bits per heavy atom. The average molecular weight is 514 g/mol. The van der Waals surface area contributed by atoms with E-state index in [1.807, 2.05) is 13.0 Å². The summed E-state index contributed by atoms with van der Waals surface area (Å²) in [5, 5.41) is 0.277. The predicted octanol–water partition coefficient (Wildman–Crippen LogP) is 2.24. The summed E-state index contributed by atoms with van der Waals surface area (Å²) in [5.41, 5.74) is 1.47. The van der Waals surface area contributed by atoms with Crippen LogP contribution in [0.1, 0.15) is 26.5 Å². The van der Waals surface area contributed by atoms with Gasteiger partial charge in [0.1, 0.15) is 5.82 Å². The topological polar surface area (TPSA) is 117 Å². The maximum absolute atomic E-state index is 13.4. The second kappa shape index (κ2) is 10.3. The van der Waals surface area contributed by atoms with E-state index in [1.54, 1.807) is 23.1 Å². The largest absolute Gasteiger partial charge is 0.459 e. The summed E-state index contributed by atoms with van der Waals surface area (Å²) in [6, 6.07) is 13.9. The standard InChI is InChI=1S/C25H24FN3O6S/c1-17-4-2-5-18(16-17)24(31)28-11-13-29(14-12-28)25(32)23(27-22(30)21-6-3-15-35-21)36(33,34)20-9-7-19(26)8-10-20/h2-10,15-16,23H,11-14H2,1H3,(H,27,30)/t23-/m0/s1. The minimum absolute atomic E-state index is 0.0719. The van der Waals surface area contributed by atoms with Crippen LogP contribution in [0.2, 0.25) is 0 Å². The highest BCUT2D eigenvalue weighted by Gasteiger charge is 2.40. The highest BCUT2D eigenvalue weighted by atomic mass is 32.2. The molecule has 0 aliphatic carbocycles. The van der Waals surface area contributed by atoms with Gasteiger partial charge >= 0.3 is 0 Å². The van der Waals surface area contributed by atoms with Crippen LogP contribution in [0.15, 0.2) is 76.2 Å². The molecule has 11 heteroatoms. The number of halogens is 1. The molecule has 188 valence electrons. The van der Waals surface area contributed by atoms with Gasteiger partial charge in [-0.3, -0.25) is 14.4 Å². The fraction of sp³-hybridized carbons (Fsp3) is 0.240. The zero-order valence-electron chi connectivity index (χ0n) is 19.4. The van der Waals surface area contributed by atoms with E-state index in [-0.39, 0.29) is 42.7 Å². The van der Waals surface area contributed by atoms with Crippen LogP contribution in [0.4, 0.5) is 4.39 Å². The molecule has 3 amide bonds. The second-order valence-corrected chi connectivity index (χ2v) is 10.3. The van der Waals surface area contributed by atoms with Crippen molar-refractivity contribution in [3.8, 4) is 0 Å². The molecule has 1 aliphatic rings. The Morgan fingerprint density at radius 1 is 0.944 bits per heavy atom. The zero-order valence-corrected chi connectivity index (χ0v) is 20.2. The molecule has 0 unspecified atom stereocenters. The predicted molar refractivity (Wildman–Crippen MR) is 127 cm³/mol. The number of carbonyl (C=O) groups excluding carboxylic acids is 3. The van der Waals surface area contributed by atoms with E-state index >= 15 is 0 Å². The molecule has 2 heterocycles. The van der Waals surface area contributed by atoms with Crippen LogP contribution < -0.4 is 5.32 Å². The lowest BCUT2D eigenvalue weighted by Crippen LogP contribution is -2.57. The van der Waals surface area contributed by atoms with Crippen LogP contribution in [0, 0.1) is 12.7 Å². The van der Waals surface area contributed by atoms with Crippen molar-refractivity contribution in [1.82, 2.24) is 15.1 Å². The molecule has 1 aromatic heterocycles. The molecule has 0 radical (unpaired) electrons. The summed E-state index contributed by atoms with van der Waals surface area (Å²) < 4.78 is 45.1. The Kier molecular flexibility index (Phi) is 7.20. The van der Waals surface area contributed by atoms with Gasteiger partial charge in [0.15, 0.2) is 5.76 Å². The van der Waals surface area contributed by atoms with E-state index < -0.39 is 32.8 Å². The molecule has 9 nitrogen and oxygen atoms in total. The van der Waals surface area contributed by atoms with Gasteiger partial charge in [-0.05, 0) is 55.5 Å². The SMILES string of the molecule is Cc1cccc(C(=O)N2CCN(C(=O)[C@@H](NC(=O)c3ccco3)S(=O)(=O)c3ccc(F)cc3)CC2)c1. The summed E-state index contributed by atoms with van der Waals surface area (Å²) in [6.45, 7) is 2.40. The molecule has 3 aromatic rings. The molecule has 1 N–H and O–H groups in total. The van der Waals surface area contributed by atoms with Crippen LogP contribution in [-0.4, -0.2) is 67.5 Å². The number of nitrogens with zero attached hydrogens (tertiary/aromatic N) is 2. The normalized spacial score (nSPS) is 14.8. The van der Waals surface area contributed by atoms with Gasteiger partial charge in [0.05, 0.1) is 11.2 Å². The molecule has 0 bridgehead atoms. The number of hydrogen-bond donors (Lipinski definition) is 1. The van der Waals surface area contributed by atoms with E-state index in [1.165, 1.54) is 23.3 Å². The lowest BCUT2D eigenvalue weighted by Gasteiger charge is -2.36. The van der Waals surface area contributed by atoms with Crippen molar-refractivity contribution >= 4 is 27.6 Å². The lowest BCUT2D eigenvalue weighted by molar-refractivity contribution is -0.132. The van der Waals surface area contributed by atoms with Crippen LogP contribution in [0.25, 0.3) is 0 Å². The summed E-state index contributed by atoms with van der Waals surface area (Å²) in [6.07, 6.45) is 1.24. The highest BCUT2D eigenvalue weighted by Crippen LogP contribution is 2.19.